The lowest BCUT2D eigenvalue weighted by Gasteiger charge is -2.34. The summed E-state index contributed by atoms with van der Waals surface area (Å²) < 4.78 is 33.0. The molecule has 0 aromatic heterocycles. The zero-order valence-electron chi connectivity index (χ0n) is 22.3. The number of amides is 3. The van der Waals surface area contributed by atoms with E-state index in [4.69, 9.17) is 28.4 Å². The van der Waals surface area contributed by atoms with Crippen molar-refractivity contribution in [2.45, 2.75) is 33.2 Å². The third-order valence-electron chi connectivity index (χ3n) is 6.58. The highest BCUT2D eigenvalue weighted by Gasteiger charge is 2.41. The van der Waals surface area contributed by atoms with Gasteiger partial charge in [0, 0.05) is 35.6 Å². The van der Waals surface area contributed by atoms with Gasteiger partial charge in [-0.2, -0.15) is 0 Å². The molecule has 0 spiro atoms. The number of hydrogen-bond donors (Lipinski definition) is 1. The van der Waals surface area contributed by atoms with Crippen LogP contribution in [-0.4, -0.2) is 63.9 Å². The molecule has 2 aliphatic heterocycles. The van der Waals surface area contributed by atoms with Gasteiger partial charge in [0.15, 0.2) is 23.0 Å². The lowest BCUT2D eigenvalue weighted by atomic mass is 9.97. The van der Waals surface area contributed by atoms with E-state index in [1.165, 1.54) is 41.4 Å². The lowest BCUT2D eigenvalue weighted by molar-refractivity contribution is -0.152. The molecule has 2 aromatic carbocycles. The number of carbonyl (C=O) groups excluding carboxylic acids is 3. The first-order valence-electron chi connectivity index (χ1n) is 11.8. The largest absolute Gasteiger partial charge is 0.496 e. The van der Waals surface area contributed by atoms with Crippen molar-refractivity contribution in [1.29, 1.82) is 0 Å². The number of benzene rings is 2. The Kier molecular flexibility index (Phi) is 7.38. The summed E-state index contributed by atoms with van der Waals surface area (Å²) in [5.41, 5.74) is 2.32. The van der Waals surface area contributed by atoms with Gasteiger partial charge in [-0.15, -0.1) is 0 Å². The molecule has 0 radical (unpaired) electrons. The maximum absolute atomic E-state index is 13.5. The Bertz CT molecular complexity index is 1350. The molecule has 0 aliphatic carbocycles. The average molecular weight is 527 g/mol. The molecule has 11 heteroatoms. The summed E-state index contributed by atoms with van der Waals surface area (Å²) in [6.07, 6.45) is 1.46. The van der Waals surface area contributed by atoms with E-state index in [0.29, 0.717) is 56.8 Å². The Morgan fingerprint density at radius 1 is 1.00 bits per heavy atom. The van der Waals surface area contributed by atoms with E-state index in [1.807, 2.05) is 0 Å². The molecule has 11 nitrogen and oxygen atoms in total. The molecule has 2 aromatic rings. The summed E-state index contributed by atoms with van der Waals surface area (Å²) in [7, 11) is 5.99. The predicted molar refractivity (Wildman–Crippen MR) is 136 cm³/mol. The van der Waals surface area contributed by atoms with Crippen molar-refractivity contribution in [2.24, 2.45) is 0 Å². The zero-order chi connectivity index (χ0) is 27.7. The van der Waals surface area contributed by atoms with Crippen LogP contribution in [0.3, 0.4) is 0 Å². The summed E-state index contributed by atoms with van der Waals surface area (Å²) in [4.78, 5) is 40.5. The highest BCUT2D eigenvalue weighted by Crippen LogP contribution is 2.44. The average Bonchev–Trinajstić information content (AvgIpc) is 3.35. The number of carbonyl (C=O) groups is 3. The van der Waals surface area contributed by atoms with Crippen LogP contribution < -0.4 is 33.7 Å². The molecule has 202 valence electrons. The molecule has 1 N–H and O–H groups in total. The van der Waals surface area contributed by atoms with Crippen molar-refractivity contribution in [1.82, 2.24) is 10.2 Å². The van der Waals surface area contributed by atoms with Crippen molar-refractivity contribution in [3.8, 4) is 34.5 Å². The van der Waals surface area contributed by atoms with Gasteiger partial charge in [-0.05, 0) is 32.1 Å². The van der Waals surface area contributed by atoms with Gasteiger partial charge < -0.3 is 33.7 Å². The molecule has 1 atom stereocenters. The molecule has 4 rings (SSSR count). The first-order chi connectivity index (χ1) is 18.2. The number of piperazine rings is 1. The van der Waals surface area contributed by atoms with E-state index in [2.05, 4.69) is 5.32 Å². The number of fused-ring (bicyclic) bond motifs is 1. The second kappa shape index (κ2) is 10.5. The number of ether oxygens (including phenoxy) is 6. The van der Waals surface area contributed by atoms with E-state index < -0.39 is 23.8 Å². The van der Waals surface area contributed by atoms with Gasteiger partial charge in [0.05, 0.1) is 28.4 Å². The third-order valence-corrected chi connectivity index (χ3v) is 6.58. The second-order valence-corrected chi connectivity index (χ2v) is 8.75. The fraction of sp³-hybridized carbons (Fsp3) is 0.370. The van der Waals surface area contributed by atoms with E-state index >= 15 is 0 Å². The summed E-state index contributed by atoms with van der Waals surface area (Å²) in [6, 6.07) is 2.21. The van der Waals surface area contributed by atoms with Crippen LogP contribution in [0.1, 0.15) is 29.2 Å². The molecule has 3 amide bonds. The monoisotopic (exact) mass is 526 g/mol. The van der Waals surface area contributed by atoms with Crippen LogP contribution in [0.5, 0.6) is 34.5 Å². The van der Waals surface area contributed by atoms with Crippen LogP contribution in [0, 0.1) is 13.8 Å². The van der Waals surface area contributed by atoms with Crippen molar-refractivity contribution in [3.05, 3.63) is 40.1 Å². The predicted octanol–water partition coefficient (Wildman–Crippen LogP) is 2.52. The normalized spacial score (nSPS) is 17.4. The van der Waals surface area contributed by atoms with Crippen LogP contribution in [0.2, 0.25) is 0 Å². The van der Waals surface area contributed by atoms with Gasteiger partial charge in [-0.25, -0.2) is 0 Å². The van der Waals surface area contributed by atoms with Crippen LogP contribution in [0.15, 0.2) is 17.8 Å². The molecular formula is C27H30N2O9. The third kappa shape index (κ3) is 4.44. The molecule has 0 saturated carbocycles. The first-order valence-corrected chi connectivity index (χ1v) is 11.8. The summed E-state index contributed by atoms with van der Waals surface area (Å²) in [6.45, 7) is 4.89. The van der Waals surface area contributed by atoms with Crippen molar-refractivity contribution in [2.75, 3.05) is 35.2 Å². The molecular weight excluding hydrogens is 496 g/mol. The number of nitrogens with zero attached hydrogens (tertiary/aromatic N) is 1. The van der Waals surface area contributed by atoms with Crippen LogP contribution >= 0.6 is 0 Å². The van der Waals surface area contributed by atoms with Crippen LogP contribution in [0.25, 0.3) is 6.08 Å². The van der Waals surface area contributed by atoms with Crippen molar-refractivity contribution < 1.29 is 42.8 Å². The highest BCUT2D eigenvalue weighted by molar-refractivity contribution is 6.14. The summed E-state index contributed by atoms with van der Waals surface area (Å²) in [5, 5.41) is 2.67. The minimum atomic E-state index is -1.12. The van der Waals surface area contributed by atoms with E-state index in [1.54, 1.807) is 26.0 Å². The molecule has 1 unspecified atom stereocenters. The maximum atomic E-state index is 13.5. The molecule has 1 fully saturated rings. The lowest BCUT2D eigenvalue weighted by Crippen LogP contribution is -2.59. The zero-order valence-corrected chi connectivity index (χ0v) is 22.3. The Morgan fingerprint density at radius 3 is 2.29 bits per heavy atom. The van der Waals surface area contributed by atoms with Gasteiger partial charge in [-0.1, -0.05) is 0 Å². The number of hydrogen-bond acceptors (Lipinski definition) is 9. The van der Waals surface area contributed by atoms with E-state index in [0.717, 1.165) is 4.90 Å². The minimum absolute atomic E-state index is 0.00124. The van der Waals surface area contributed by atoms with Crippen molar-refractivity contribution in [3.63, 3.8) is 0 Å². The Balaban J connectivity index is 1.74. The van der Waals surface area contributed by atoms with E-state index in [9.17, 15) is 14.4 Å². The van der Waals surface area contributed by atoms with Gasteiger partial charge in [0.1, 0.15) is 23.2 Å². The minimum Gasteiger partial charge on any atom is -0.496 e. The van der Waals surface area contributed by atoms with Gasteiger partial charge >= 0.3 is 0 Å². The van der Waals surface area contributed by atoms with Crippen LogP contribution in [0.4, 0.5) is 0 Å². The Labute approximate surface area is 220 Å². The number of nitrogens with one attached hydrogen (secondary N) is 1. The number of methoxy groups -OCH3 is 4. The van der Waals surface area contributed by atoms with Gasteiger partial charge in [0.25, 0.3) is 5.91 Å². The number of imide groups is 1. The summed E-state index contributed by atoms with van der Waals surface area (Å²) >= 11 is 0. The fourth-order valence-corrected chi connectivity index (χ4v) is 4.92. The highest BCUT2D eigenvalue weighted by atomic mass is 16.7. The molecule has 2 heterocycles. The van der Waals surface area contributed by atoms with Crippen LogP contribution in [-0.2, 0) is 20.8 Å². The molecule has 0 bridgehead atoms. The van der Waals surface area contributed by atoms with E-state index in [-0.39, 0.29) is 18.9 Å². The molecule has 1 saturated heterocycles. The SMILES string of the molecule is COc1cc(CC2C(=O)N/C(=C\c3cc4c(c(C)c3OC)OCO4)C(=O)N2C(C)=O)c(OC)c(C)c1OC. The fourth-order valence-electron chi connectivity index (χ4n) is 4.92. The Hall–Kier alpha value is -4.41. The molecule has 38 heavy (non-hydrogen) atoms. The van der Waals surface area contributed by atoms with Gasteiger partial charge in [-0.3, -0.25) is 19.3 Å². The maximum Gasteiger partial charge on any atom is 0.277 e. The first kappa shape index (κ1) is 26.6. The second-order valence-electron chi connectivity index (χ2n) is 8.75. The smallest absolute Gasteiger partial charge is 0.277 e. The Morgan fingerprint density at radius 2 is 1.68 bits per heavy atom. The summed E-state index contributed by atoms with van der Waals surface area (Å²) in [5.74, 6) is 1.11. The standard InChI is InChI=1S/C27H30N2O9/c1-13-22(34-5)17(10-20(33-4)24(13)36-7)9-19-26(31)28-18(27(32)29(19)15(3)30)8-16-11-21-25(38-12-37-21)14(2)23(16)35-6/h8,10-11,19H,9,12H2,1-7H3,(H,28,31)/b18-8-. The molecule has 2 aliphatic rings. The van der Waals surface area contributed by atoms with Crippen molar-refractivity contribution >= 4 is 23.8 Å². The number of rotatable bonds is 7. The van der Waals surface area contributed by atoms with Gasteiger partial charge in [0.2, 0.25) is 18.6 Å². The quantitative estimate of drug-likeness (QED) is 0.543. The topological polar surface area (TPSA) is 122 Å².